The van der Waals surface area contributed by atoms with Gasteiger partial charge in [-0.15, -0.1) is 0 Å². The van der Waals surface area contributed by atoms with Crippen LogP contribution in [0.2, 0.25) is 0 Å². The second-order valence-corrected chi connectivity index (χ2v) is 5.81. The first-order valence-corrected chi connectivity index (χ1v) is 7.51. The second-order valence-electron chi connectivity index (χ2n) is 5.81. The average molecular weight is 278 g/mol. The molecule has 0 aromatic heterocycles. The minimum Gasteiger partial charge on any atom is -0.496 e. The molecule has 1 unspecified atom stereocenters. The molecule has 1 aromatic carbocycles. The van der Waals surface area contributed by atoms with Gasteiger partial charge in [-0.25, -0.2) is 0 Å². The van der Waals surface area contributed by atoms with Gasteiger partial charge in [-0.3, -0.25) is 0 Å². The molecule has 1 saturated carbocycles. The van der Waals surface area contributed by atoms with Gasteiger partial charge in [-0.2, -0.15) is 0 Å². The van der Waals surface area contributed by atoms with E-state index >= 15 is 0 Å². The van der Waals surface area contributed by atoms with Gasteiger partial charge in [0.1, 0.15) is 11.9 Å². The summed E-state index contributed by atoms with van der Waals surface area (Å²) in [6, 6.07) is 4.08. The molecule has 0 radical (unpaired) electrons. The van der Waals surface area contributed by atoms with Gasteiger partial charge in [0.25, 0.3) is 0 Å². The molecule has 0 saturated heterocycles. The van der Waals surface area contributed by atoms with Gasteiger partial charge in [0.15, 0.2) is 0 Å². The molecule has 2 rings (SSSR count). The summed E-state index contributed by atoms with van der Waals surface area (Å²) in [5.74, 6) is 0.765. The van der Waals surface area contributed by atoms with Crippen molar-refractivity contribution in [3.63, 3.8) is 0 Å². The van der Waals surface area contributed by atoms with E-state index in [0.29, 0.717) is 6.61 Å². The summed E-state index contributed by atoms with van der Waals surface area (Å²) in [6.45, 7) is 6.69. The lowest BCUT2D eigenvalue weighted by molar-refractivity contribution is -0.119. The van der Waals surface area contributed by atoms with Crippen molar-refractivity contribution in [3.8, 4) is 5.75 Å². The Kier molecular flexibility index (Phi) is 4.71. The molecule has 3 heteroatoms. The zero-order chi connectivity index (χ0) is 14.8. The Morgan fingerprint density at radius 2 is 1.90 bits per heavy atom. The monoisotopic (exact) mass is 278 g/mol. The van der Waals surface area contributed by atoms with E-state index in [1.165, 1.54) is 0 Å². The number of rotatable bonds is 5. The van der Waals surface area contributed by atoms with Crippen molar-refractivity contribution < 1.29 is 14.6 Å². The van der Waals surface area contributed by atoms with Crippen molar-refractivity contribution in [2.24, 2.45) is 0 Å². The molecule has 1 atom stereocenters. The van der Waals surface area contributed by atoms with Crippen LogP contribution >= 0.6 is 0 Å². The van der Waals surface area contributed by atoms with Gasteiger partial charge in [0.2, 0.25) is 0 Å². The molecule has 1 N–H and O–H groups in total. The molecule has 0 bridgehead atoms. The van der Waals surface area contributed by atoms with Gasteiger partial charge >= 0.3 is 0 Å². The van der Waals surface area contributed by atoms with E-state index in [1.54, 1.807) is 7.11 Å². The fourth-order valence-corrected chi connectivity index (χ4v) is 3.48. The van der Waals surface area contributed by atoms with Crippen LogP contribution in [-0.2, 0) is 4.74 Å². The number of aliphatic hydroxyl groups excluding tert-OH is 1. The van der Waals surface area contributed by atoms with Crippen molar-refractivity contribution in [1.29, 1.82) is 0 Å². The van der Waals surface area contributed by atoms with Gasteiger partial charge in [0, 0.05) is 12.2 Å². The second kappa shape index (κ2) is 6.15. The minimum absolute atomic E-state index is 0.442. The molecule has 0 spiro atoms. The third kappa shape index (κ3) is 2.70. The fourth-order valence-electron chi connectivity index (χ4n) is 3.48. The molecule has 0 heterocycles. The highest BCUT2D eigenvalue weighted by atomic mass is 16.5. The molecule has 1 aromatic rings. The molecular weight excluding hydrogens is 252 g/mol. The molecular formula is C17H26O3. The zero-order valence-corrected chi connectivity index (χ0v) is 13.0. The largest absolute Gasteiger partial charge is 0.496 e. The Labute approximate surface area is 121 Å². The molecule has 3 nitrogen and oxygen atoms in total. The van der Waals surface area contributed by atoms with Crippen LogP contribution in [0.15, 0.2) is 12.1 Å². The maximum atomic E-state index is 11.0. The predicted octanol–water partition coefficient (Wildman–Crippen LogP) is 3.69. The van der Waals surface area contributed by atoms with E-state index < -0.39 is 11.7 Å². The van der Waals surface area contributed by atoms with E-state index in [9.17, 15) is 5.11 Å². The van der Waals surface area contributed by atoms with E-state index in [-0.39, 0.29) is 0 Å². The lowest BCUT2D eigenvalue weighted by Gasteiger charge is -2.35. The Bertz CT molecular complexity index is 462. The number of ether oxygens (including phenoxy) is 2. The topological polar surface area (TPSA) is 38.7 Å². The summed E-state index contributed by atoms with van der Waals surface area (Å²) < 4.78 is 11.5. The predicted molar refractivity (Wildman–Crippen MR) is 80.3 cm³/mol. The van der Waals surface area contributed by atoms with Crippen LogP contribution in [-0.4, -0.2) is 24.4 Å². The highest BCUT2D eigenvalue weighted by Crippen LogP contribution is 2.46. The fraction of sp³-hybridized carbons (Fsp3) is 0.647. The molecule has 20 heavy (non-hydrogen) atoms. The lowest BCUT2D eigenvalue weighted by atomic mass is 9.86. The Balaban J connectivity index is 2.43. The van der Waals surface area contributed by atoms with E-state index in [0.717, 1.165) is 48.1 Å². The third-order valence-corrected chi connectivity index (χ3v) is 4.37. The molecule has 0 amide bonds. The standard InChI is InChI=1S/C17H26O3/c1-5-20-17(8-6-7-9-17)16(18)15-13(3)10-12(2)11-14(15)19-4/h10-11,16,18H,5-9H2,1-4H3. The quantitative estimate of drug-likeness (QED) is 0.892. The highest BCUT2D eigenvalue weighted by molar-refractivity contribution is 5.45. The van der Waals surface area contributed by atoms with Gasteiger partial charge < -0.3 is 14.6 Å². The van der Waals surface area contributed by atoms with Crippen molar-refractivity contribution >= 4 is 0 Å². The maximum absolute atomic E-state index is 11.0. The smallest absolute Gasteiger partial charge is 0.125 e. The molecule has 1 aliphatic rings. The van der Waals surface area contributed by atoms with Crippen LogP contribution in [0.1, 0.15) is 55.4 Å². The molecule has 0 aliphatic heterocycles. The van der Waals surface area contributed by atoms with Gasteiger partial charge in [-0.05, 0) is 50.8 Å². The van der Waals surface area contributed by atoms with E-state index in [4.69, 9.17) is 9.47 Å². The lowest BCUT2D eigenvalue weighted by Crippen LogP contribution is -2.37. The number of aliphatic hydroxyl groups is 1. The number of hydrogen-bond acceptors (Lipinski definition) is 3. The highest BCUT2D eigenvalue weighted by Gasteiger charge is 2.43. The van der Waals surface area contributed by atoms with Crippen molar-refractivity contribution in [1.82, 2.24) is 0 Å². The molecule has 1 fully saturated rings. The zero-order valence-electron chi connectivity index (χ0n) is 13.0. The SMILES string of the molecule is CCOC1(C(O)c2c(C)cc(C)cc2OC)CCCC1. The van der Waals surface area contributed by atoms with Crippen LogP contribution < -0.4 is 4.74 Å². The van der Waals surface area contributed by atoms with E-state index in [2.05, 4.69) is 6.07 Å². The summed E-state index contributed by atoms with van der Waals surface area (Å²) >= 11 is 0. The van der Waals surface area contributed by atoms with Crippen LogP contribution in [0.25, 0.3) is 0 Å². The summed E-state index contributed by atoms with van der Waals surface area (Å²) in [5, 5.41) is 11.0. The summed E-state index contributed by atoms with van der Waals surface area (Å²) in [7, 11) is 1.66. The van der Waals surface area contributed by atoms with Gasteiger partial charge in [-0.1, -0.05) is 18.9 Å². The van der Waals surface area contributed by atoms with Crippen LogP contribution in [0.4, 0.5) is 0 Å². The summed E-state index contributed by atoms with van der Waals surface area (Å²) in [6.07, 6.45) is 3.44. The Morgan fingerprint density at radius 1 is 1.25 bits per heavy atom. The Hall–Kier alpha value is -1.06. The first-order chi connectivity index (χ1) is 9.54. The van der Waals surface area contributed by atoms with Crippen molar-refractivity contribution in [2.45, 2.75) is 58.2 Å². The van der Waals surface area contributed by atoms with Crippen LogP contribution in [0.3, 0.4) is 0 Å². The third-order valence-electron chi connectivity index (χ3n) is 4.37. The average Bonchev–Trinajstić information content (AvgIpc) is 2.87. The summed E-state index contributed by atoms with van der Waals surface area (Å²) in [5.41, 5.74) is 2.66. The molecule has 1 aliphatic carbocycles. The van der Waals surface area contributed by atoms with Crippen LogP contribution in [0, 0.1) is 13.8 Å². The summed E-state index contributed by atoms with van der Waals surface area (Å²) in [4.78, 5) is 0. The van der Waals surface area contributed by atoms with Crippen molar-refractivity contribution in [2.75, 3.05) is 13.7 Å². The van der Waals surface area contributed by atoms with Crippen molar-refractivity contribution in [3.05, 3.63) is 28.8 Å². The first-order valence-electron chi connectivity index (χ1n) is 7.51. The van der Waals surface area contributed by atoms with Gasteiger partial charge in [0.05, 0.1) is 12.7 Å². The Morgan fingerprint density at radius 3 is 2.45 bits per heavy atom. The van der Waals surface area contributed by atoms with E-state index in [1.807, 2.05) is 26.8 Å². The van der Waals surface area contributed by atoms with Crippen LogP contribution in [0.5, 0.6) is 5.75 Å². The number of hydrogen-bond donors (Lipinski definition) is 1. The minimum atomic E-state index is -0.625. The number of methoxy groups -OCH3 is 1. The number of benzene rings is 1. The first kappa shape index (κ1) is 15.3. The molecule has 112 valence electrons. The normalized spacial score (nSPS) is 19.1. The maximum Gasteiger partial charge on any atom is 0.125 e. The number of aryl methyl sites for hydroxylation is 2.